The average molecular weight is 490 g/mol. The number of carbonyl (C=O) groups is 1. The molecule has 4 aromatic rings. The number of ether oxygens (including phenoxy) is 2. The van der Waals surface area contributed by atoms with E-state index in [1.165, 1.54) is 15.6 Å². The van der Waals surface area contributed by atoms with Gasteiger partial charge in [-0.2, -0.15) is 5.10 Å². The number of benzene rings is 1. The van der Waals surface area contributed by atoms with Crippen molar-refractivity contribution < 1.29 is 14.3 Å². The van der Waals surface area contributed by atoms with Crippen molar-refractivity contribution in [1.29, 1.82) is 0 Å². The Balaban J connectivity index is 1.37. The highest BCUT2D eigenvalue weighted by Gasteiger charge is 2.18. The first-order valence-corrected chi connectivity index (χ1v) is 12.6. The molecule has 1 aromatic carbocycles. The quantitative estimate of drug-likeness (QED) is 0.353. The minimum Gasteiger partial charge on any atom is -0.490 e. The predicted octanol–water partition coefficient (Wildman–Crippen LogP) is 4.68. The molecule has 0 radical (unpaired) electrons. The van der Waals surface area contributed by atoms with Gasteiger partial charge >= 0.3 is 0 Å². The molecule has 0 fully saturated rings. The Hall–Kier alpha value is -3.65. The first-order chi connectivity index (χ1) is 17.0. The Kier molecular flexibility index (Phi) is 6.55. The van der Waals surface area contributed by atoms with Crippen LogP contribution < -0.4 is 15.0 Å². The summed E-state index contributed by atoms with van der Waals surface area (Å²) in [6, 6.07) is 14.8. The highest BCUT2D eigenvalue weighted by molar-refractivity contribution is 7.09. The van der Waals surface area contributed by atoms with E-state index in [0.717, 1.165) is 36.3 Å². The molecule has 0 spiro atoms. The van der Waals surface area contributed by atoms with Crippen molar-refractivity contribution in [3.8, 4) is 22.8 Å². The fourth-order valence-corrected chi connectivity index (χ4v) is 5.06. The lowest BCUT2D eigenvalue weighted by molar-refractivity contribution is 0.0965. The maximum absolute atomic E-state index is 13.2. The van der Waals surface area contributed by atoms with Gasteiger partial charge in [-0.15, -0.1) is 11.3 Å². The van der Waals surface area contributed by atoms with Crippen molar-refractivity contribution in [2.45, 2.75) is 39.8 Å². The van der Waals surface area contributed by atoms with Gasteiger partial charge in [0.05, 0.1) is 18.9 Å². The molecule has 0 bridgehead atoms. The molecule has 1 aliphatic heterocycles. The summed E-state index contributed by atoms with van der Waals surface area (Å²) in [5, 5.41) is 6.57. The lowest BCUT2D eigenvalue weighted by atomic mass is 10.1. The van der Waals surface area contributed by atoms with E-state index in [2.05, 4.69) is 27.2 Å². The summed E-state index contributed by atoms with van der Waals surface area (Å²) in [5.74, 6) is 1.22. The van der Waals surface area contributed by atoms with Crippen LogP contribution in [0.3, 0.4) is 0 Å². The van der Waals surface area contributed by atoms with E-state index in [4.69, 9.17) is 9.47 Å². The average Bonchev–Trinajstić information content (AvgIpc) is 3.39. The van der Waals surface area contributed by atoms with Crippen molar-refractivity contribution in [3.63, 3.8) is 0 Å². The second kappa shape index (κ2) is 9.92. The van der Waals surface area contributed by atoms with Gasteiger partial charge < -0.3 is 14.0 Å². The van der Waals surface area contributed by atoms with Crippen LogP contribution in [-0.4, -0.2) is 33.3 Å². The summed E-state index contributed by atoms with van der Waals surface area (Å²) in [7, 11) is 0. The fraction of sp³-hybridized carbons (Fsp3) is 0.296. The zero-order valence-corrected chi connectivity index (χ0v) is 20.6. The second-order valence-electron chi connectivity index (χ2n) is 8.62. The number of hydrogen-bond acceptors (Lipinski definition) is 6. The second-order valence-corrected chi connectivity index (χ2v) is 9.65. The van der Waals surface area contributed by atoms with Crippen LogP contribution in [0.2, 0.25) is 0 Å². The van der Waals surface area contributed by atoms with E-state index in [1.807, 2.05) is 38.1 Å². The number of Topliss-reactive ketones (excluding diaryl/α,β-unsaturated/α-hetero) is 1. The number of ketones is 1. The number of carbonyl (C=O) groups excluding carboxylic acids is 1. The van der Waals surface area contributed by atoms with Crippen molar-refractivity contribution in [3.05, 3.63) is 86.1 Å². The summed E-state index contributed by atoms with van der Waals surface area (Å²) in [4.78, 5) is 27.1. The number of fused-ring (bicyclic) bond motifs is 1. The third-order valence-electron chi connectivity index (χ3n) is 6.24. The van der Waals surface area contributed by atoms with Crippen molar-refractivity contribution in [2.75, 3.05) is 13.2 Å². The van der Waals surface area contributed by atoms with E-state index in [-0.39, 0.29) is 17.9 Å². The van der Waals surface area contributed by atoms with E-state index < -0.39 is 0 Å². The van der Waals surface area contributed by atoms with E-state index in [0.29, 0.717) is 36.0 Å². The molecule has 4 heterocycles. The Morgan fingerprint density at radius 1 is 1.06 bits per heavy atom. The van der Waals surface area contributed by atoms with Crippen LogP contribution in [-0.2, 0) is 19.5 Å². The number of rotatable bonds is 7. The van der Waals surface area contributed by atoms with Gasteiger partial charge in [0.2, 0.25) is 0 Å². The molecule has 0 N–H and O–H groups in total. The normalized spacial score (nSPS) is 13.0. The van der Waals surface area contributed by atoms with Gasteiger partial charge in [-0.3, -0.25) is 9.59 Å². The maximum Gasteiger partial charge on any atom is 0.267 e. The van der Waals surface area contributed by atoms with Crippen LogP contribution in [0.1, 0.15) is 33.0 Å². The Bertz CT molecular complexity index is 1420. The number of nitrogens with zero attached hydrogens (tertiary/aromatic N) is 3. The third kappa shape index (κ3) is 4.93. The molecule has 0 saturated heterocycles. The summed E-state index contributed by atoms with van der Waals surface area (Å²) in [5.41, 5.74) is 3.64. The summed E-state index contributed by atoms with van der Waals surface area (Å²) >= 11 is 1.74. The molecule has 0 unspecified atom stereocenters. The number of thiophene rings is 1. The minimum absolute atomic E-state index is 0.119. The summed E-state index contributed by atoms with van der Waals surface area (Å²) < 4.78 is 14.9. The molecule has 0 saturated carbocycles. The summed E-state index contributed by atoms with van der Waals surface area (Å²) in [6.45, 7) is 5.86. The monoisotopic (exact) mass is 489 g/mol. The minimum atomic E-state index is -0.317. The first-order valence-electron chi connectivity index (χ1n) is 11.7. The Morgan fingerprint density at radius 2 is 1.89 bits per heavy atom. The highest BCUT2D eigenvalue weighted by atomic mass is 32.1. The van der Waals surface area contributed by atoms with Crippen molar-refractivity contribution in [1.82, 2.24) is 14.3 Å². The standard InChI is InChI=1S/C27H27N3O4S/c1-18-15-22(19(2)29(18)11-10-21-5-3-14-35-21)24(31)17-30-27(32)9-7-23(28-30)20-6-8-25-26(16-20)34-13-4-12-33-25/h3,5-9,14-16H,4,10-13,17H2,1-2H3. The predicted molar refractivity (Wildman–Crippen MR) is 136 cm³/mol. The first kappa shape index (κ1) is 23.1. The zero-order chi connectivity index (χ0) is 24.4. The van der Waals surface area contributed by atoms with Crippen LogP contribution in [0.25, 0.3) is 11.3 Å². The molecule has 1 aliphatic rings. The number of aryl methyl sites for hydroxylation is 2. The van der Waals surface area contributed by atoms with Gasteiger partial charge in [-0.05, 0) is 62.0 Å². The van der Waals surface area contributed by atoms with E-state index in [9.17, 15) is 9.59 Å². The highest BCUT2D eigenvalue weighted by Crippen LogP contribution is 2.33. The van der Waals surface area contributed by atoms with Gasteiger partial charge in [0, 0.05) is 46.4 Å². The van der Waals surface area contributed by atoms with Crippen LogP contribution in [0, 0.1) is 13.8 Å². The van der Waals surface area contributed by atoms with Crippen LogP contribution in [0.4, 0.5) is 0 Å². The molecule has 3 aromatic heterocycles. The van der Waals surface area contributed by atoms with Gasteiger partial charge in [-0.25, -0.2) is 4.68 Å². The SMILES string of the molecule is Cc1cc(C(=O)Cn2nc(-c3ccc4c(c3)OCCCO4)ccc2=O)c(C)n1CCc1cccs1. The Morgan fingerprint density at radius 3 is 2.69 bits per heavy atom. The van der Waals surface area contributed by atoms with Crippen molar-refractivity contribution in [2.24, 2.45) is 0 Å². The van der Waals surface area contributed by atoms with E-state index in [1.54, 1.807) is 17.4 Å². The third-order valence-corrected chi connectivity index (χ3v) is 7.18. The molecule has 0 amide bonds. The largest absolute Gasteiger partial charge is 0.490 e. The molecule has 8 heteroatoms. The molecule has 180 valence electrons. The lowest BCUT2D eigenvalue weighted by Crippen LogP contribution is -2.26. The van der Waals surface area contributed by atoms with Gasteiger partial charge in [0.25, 0.3) is 5.56 Å². The zero-order valence-electron chi connectivity index (χ0n) is 19.8. The molecule has 7 nitrogen and oxygen atoms in total. The molecule has 0 atom stereocenters. The molecular weight excluding hydrogens is 462 g/mol. The van der Waals surface area contributed by atoms with Gasteiger partial charge in [0.15, 0.2) is 17.3 Å². The number of hydrogen-bond donors (Lipinski definition) is 0. The van der Waals surface area contributed by atoms with Crippen LogP contribution >= 0.6 is 11.3 Å². The summed E-state index contributed by atoms with van der Waals surface area (Å²) in [6.07, 6.45) is 1.74. The topological polar surface area (TPSA) is 75.4 Å². The smallest absolute Gasteiger partial charge is 0.267 e. The lowest BCUT2D eigenvalue weighted by Gasteiger charge is -2.11. The van der Waals surface area contributed by atoms with Gasteiger partial charge in [0.1, 0.15) is 6.54 Å². The van der Waals surface area contributed by atoms with Crippen LogP contribution in [0.15, 0.2) is 58.7 Å². The molecular formula is C27H27N3O4S. The maximum atomic E-state index is 13.2. The van der Waals surface area contributed by atoms with Crippen LogP contribution in [0.5, 0.6) is 11.5 Å². The van der Waals surface area contributed by atoms with Gasteiger partial charge in [-0.1, -0.05) is 6.07 Å². The van der Waals surface area contributed by atoms with E-state index >= 15 is 0 Å². The fourth-order valence-electron chi connectivity index (χ4n) is 4.36. The molecule has 0 aliphatic carbocycles. The Labute approximate surface area is 207 Å². The molecule has 5 rings (SSSR count). The molecule has 35 heavy (non-hydrogen) atoms. The number of aromatic nitrogens is 3. The van der Waals surface area contributed by atoms with Crippen molar-refractivity contribution >= 4 is 17.1 Å².